The minimum atomic E-state index is -1.26. The number of fused-ring (bicyclic) bond motifs is 2. The van der Waals surface area contributed by atoms with Crippen LogP contribution in [0.3, 0.4) is 0 Å². The van der Waals surface area contributed by atoms with Crippen molar-refractivity contribution < 1.29 is 14.0 Å². The molecule has 3 atom stereocenters. The fourth-order valence-electron chi connectivity index (χ4n) is 6.16. The third-order valence-corrected chi connectivity index (χ3v) is 8.12. The first kappa shape index (κ1) is 24.8. The summed E-state index contributed by atoms with van der Waals surface area (Å²) < 4.78 is 14.5. The minimum absolute atomic E-state index is 0.350. The molecule has 1 saturated heterocycles. The number of halogens is 3. The lowest BCUT2D eigenvalue weighted by Crippen LogP contribution is -2.57. The molecule has 6 rings (SSSR count). The summed E-state index contributed by atoms with van der Waals surface area (Å²) in [5, 5.41) is 4.46. The van der Waals surface area contributed by atoms with Crippen LogP contribution in [0, 0.1) is 5.82 Å². The number of rotatable bonds is 3. The number of piperidine rings is 1. The molecule has 0 radical (unpaired) electrons. The topological polar surface area (TPSA) is 49.4 Å². The number of anilines is 1. The molecule has 190 valence electrons. The molecule has 1 spiro atoms. The Morgan fingerprint density at radius 3 is 2.37 bits per heavy atom. The summed E-state index contributed by atoms with van der Waals surface area (Å²) in [5.74, 6) is -1.57. The van der Waals surface area contributed by atoms with E-state index in [9.17, 15) is 14.0 Å². The van der Waals surface area contributed by atoms with Crippen LogP contribution < -0.4 is 10.2 Å². The molecule has 2 amide bonds. The third kappa shape index (κ3) is 3.85. The van der Waals surface area contributed by atoms with E-state index in [1.165, 1.54) is 17.0 Å². The van der Waals surface area contributed by atoms with Crippen molar-refractivity contribution in [2.75, 3.05) is 11.4 Å². The molecule has 0 saturated carbocycles. The lowest BCUT2D eigenvalue weighted by Gasteiger charge is -2.47. The summed E-state index contributed by atoms with van der Waals surface area (Å²) in [4.78, 5) is 30.1. The van der Waals surface area contributed by atoms with Crippen molar-refractivity contribution in [3.63, 3.8) is 0 Å². The van der Waals surface area contributed by atoms with Gasteiger partial charge < -0.3 is 5.32 Å². The van der Waals surface area contributed by atoms with Gasteiger partial charge in [0.2, 0.25) is 5.91 Å². The SMILES string of the molecule is O=C(c1ccccc1)N1C(=O)C2(c3ccc(Cl)cc31)C(c1cccc(Cl)c1)CCNC2c1cccc(F)c1. The predicted molar refractivity (Wildman–Crippen MR) is 147 cm³/mol. The zero-order chi connectivity index (χ0) is 26.4. The van der Waals surface area contributed by atoms with Crippen molar-refractivity contribution in [2.45, 2.75) is 23.8 Å². The van der Waals surface area contributed by atoms with Crippen molar-refractivity contribution >= 4 is 40.7 Å². The van der Waals surface area contributed by atoms with E-state index in [0.717, 1.165) is 5.56 Å². The molecule has 2 heterocycles. The van der Waals surface area contributed by atoms with Crippen LogP contribution in [0.2, 0.25) is 10.0 Å². The largest absolute Gasteiger partial charge is 0.309 e. The van der Waals surface area contributed by atoms with Crippen LogP contribution in [0.1, 0.15) is 45.4 Å². The number of nitrogens with one attached hydrogen (secondary N) is 1. The lowest BCUT2D eigenvalue weighted by molar-refractivity contribution is -0.125. The highest BCUT2D eigenvalue weighted by Gasteiger charge is 2.63. The molecule has 4 nitrogen and oxygen atoms in total. The minimum Gasteiger partial charge on any atom is -0.309 e. The molecule has 2 aliphatic heterocycles. The number of amides is 2. The Morgan fingerprint density at radius 1 is 0.868 bits per heavy atom. The van der Waals surface area contributed by atoms with E-state index >= 15 is 0 Å². The van der Waals surface area contributed by atoms with E-state index in [1.54, 1.807) is 48.5 Å². The fourth-order valence-corrected chi connectivity index (χ4v) is 6.52. The summed E-state index contributed by atoms with van der Waals surface area (Å²) >= 11 is 12.8. The lowest BCUT2D eigenvalue weighted by atomic mass is 9.59. The molecule has 0 aromatic heterocycles. The second kappa shape index (κ2) is 9.66. The van der Waals surface area contributed by atoms with Crippen molar-refractivity contribution in [2.24, 2.45) is 0 Å². The number of benzene rings is 4. The number of hydrogen-bond acceptors (Lipinski definition) is 3. The van der Waals surface area contributed by atoms with Crippen LogP contribution in [-0.4, -0.2) is 18.4 Å². The van der Waals surface area contributed by atoms with Crippen LogP contribution in [0.25, 0.3) is 0 Å². The van der Waals surface area contributed by atoms with Crippen LogP contribution in [0.15, 0.2) is 97.1 Å². The van der Waals surface area contributed by atoms with Gasteiger partial charge in [-0.1, -0.05) is 71.7 Å². The van der Waals surface area contributed by atoms with Gasteiger partial charge in [-0.05, 0) is 78.2 Å². The van der Waals surface area contributed by atoms with Crippen molar-refractivity contribution in [3.8, 4) is 0 Å². The second-order valence-electron chi connectivity index (χ2n) is 9.68. The third-order valence-electron chi connectivity index (χ3n) is 7.65. The fraction of sp³-hybridized carbons (Fsp3) is 0.161. The molecule has 2 aliphatic rings. The Morgan fingerprint density at radius 2 is 1.61 bits per heavy atom. The van der Waals surface area contributed by atoms with E-state index in [-0.39, 0.29) is 11.8 Å². The van der Waals surface area contributed by atoms with Gasteiger partial charge in [-0.2, -0.15) is 0 Å². The summed E-state index contributed by atoms with van der Waals surface area (Å²) in [6.07, 6.45) is 0.604. The van der Waals surface area contributed by atoms with Gasteiger partial charge in [-0.25, -0.2) is 9.29 Å². The molecule has 0 bridgehead atoms. The number of hydrogen-bond donors (Lipinski definition) is 1. The predicted octanol–water partition coefficient (Wildman–Crippen LogP) is 7.08. The molecule has 4 aromatic rings. The highest BCUT2D eigenvalue weighted by atomic mass is 35.5. The number of carbonyl (C=O) groups excluding carboxylic acids is 2. The maximum Gasteiger partial charge on any atom is 0.265 e. The van der Waals surface area contributed by atoms with Gasteiger partial charge in [0.25, 0.3) is 5.91 Å². The number of imide groups is 1. The maximum atomic E-state index is 14.9. The van der Waals surface area contributed by atoms with E-state index in [4.69, 9.17) is 23.2 Å². The first-order valence-electron chi connectivity index (χ1n) is 12.4. The second-order valence-corrected chi connectivity index (χ2v) is 10.6. The zero-order valence-electron chi connectivity index (χ0n) is 20.2. The van der Waals surface area contributed by atoms with Gasteiger partial charge in [0.15, 0.2) is 0 Å². The highest BCUT2D eigenvalue weighted by Crippen LogP contribution is 2.59. The Kier molecular flexibility index (Phi) is 6.31. The van der Waals surface area contributed by atoms with Gasteiger partial charge in [0.05, 0.1) is 11.7 Å². The first-order valence-corrected chi connectivity index (χ1v) is 13.1. The Labute approximate surface area is 230 Å². The molecule has 1 N–H and O–H groups in total. The Bertz CT molecular complexity index is 1510. The van der Waals surface area contributed by atoms with Crippen LogP contribution >= 0.6 is 23.2 Å². The first-order chi connectivity index (χ1) is 18.4. The number of carbonyl (C=O) groups is 2. The van der Waals surface area contributed by atoms with Crippen LogP contribution in [-0.2, 0) is 10.2 Å². The van der Waals surface area contributed by atoms with Gasteiger partial charge >= 0.3 is 0 Å². The average Bonchev–Trinajstić information content (AvgIpc) is 3.16. The van der Waals surface area contributed by atoms with Gasteiger partial charge in [0.1, 0.15) is 11.2 Å². The Hall–Kier alpha value is -3.51. The van der Waals surface area contributed by atoms with E-state index < -0.39 is 23.2 Å². The molecular weight excluding hydrogens is 522 g/mol. The van der Waals surface area contributed by atoms with Crippen molar-refractivity contribution in [3.05, 3.63) is 135 Å². The summed E-state index contributed by atoms with van der Waals surface area (Å²) in [6, 6.07) is 27.1. The smallest absolute Gasteiger partial charge is 0.265 e. The molecule has 7 heteroatoms. The molecular formula is C31H23Cl2FN2O2. The summed E-state index contributed by atoms with van der Waals surface area (Å²) in [6.45, 7) is 0.586. The quantitative estimate of drug-likeness (QED) is 0.280. The molecule has 3 unspecified atom stereocenters. The molecule has 1 fully saturated rings. The monoisotopic (exact) mass is 544 g/mol. The van der Waals surface area contributed by atoms with Gasteiger partial charge in [0, 0.05) is 21.5 Å². The summed E-state index contributed by atoms with van der Waals surface area (Å²) in [5.41, 5.74) is 1.73. The zero-order valence-corrected chi connectivity index (χ0v) is 21.7. The van der Waals surface area contributed by atoms with E-state index in [0.29, 0.717) is 45.4 Å². The van der Waals surface area contributed by atoms with E-state index in [2.05, 4.69) is 5.32 Å². The van der Waals surface area contributed by atoms with Gasteiger partial charge in [-0.15, -0.1) is 0 Å². The normalized spacial score (nSPS) is 22.5. The number of nitrogens with zero attached hydrogens (tertiary/aromatic N) is 1. The highest BCUT2D eigenvalue weighted by molar-refractivity contribution is 6.33. The maximum absolute atomic E-state index is 14.9. The van der Waals surface area contributed by atoms with Gasteiger partial charge in [-0.3, -0.25) is 9.59 Å². The standard InChI is InChI=1S/C31H23Cl2FN2O2/c32-22-10-4-8-20(16-22)25-14-15-35-28(21-9-5-11-24(34)17-21)31(25)26-13-12-23(33)18-27(26)36(30(31)38)29(37)19-6-2-1-3-7-19/h1-13,16-18,25,28,35H,14-15H2. The van der Waals surface area contributed by atoms with Crippen LogP contribution in [0.5, 0.6) is 0 Å². The van der Waals surface area contributed by atoms with E-state index in [1.807, 2.05) is 36.4 Å². The molecule has 38 heavy (non-hydrogen) atoms. The summed E-state index contributed by atoms with van der Waals surface area (Å²) in [7, 11) is 0. The van der Waals surface area contributed by atoms with Crippen molar-refractivity contribution in [1.82, 2.24) is 5.32 Å². The van der Waals surface area contributed by atoms with Crippen molar-refractivity contribution in [1.29, 1.82) is 0 Å². The average molecular weight is 545 g/mol. The molecule has 4 aromatic carbocycles. The Balaban J connectivity index is 1.64. The molecule has 0 aliphatic carbocycles. The van der Waals surface area contributed by atoms with Crippen LogP contribution in [0.4, 0.5) is 10.1 Å².